The summed E-state index contributed by atoms with van der Waals surface area (Å²) in [6, 6.07) is 13.2. The second-order valence-electron chi connectivity index (χ2n) is 6.56. The van der Waals surface area contributed by atoms with Gasteiger partial charge < -0.3 is 19.7 Å². The normalized spacial score (nSPS) is 14.2. The number of carbonyl (C=O) groups is 3. The molecule has 1 heterocycles. The van der Waals surface area contributed by atoms with E-state index >= 15 is 0 Å². The molecule has 2 amide bonds. The zero-order chi connectivity index (χ0) is 21.5. The molecule has 8 heteroatoms. The summed E-state index contributed by atoms with van der Waals surface area (Å²) in [4.78, 5) is 38.5. The van der Waals surface area contributed by atoms with Gasteiger partial charge in [-0.3, -0.25) is 14.4 Å². The minimum Gasteiger partial charge on any atom is -0.427 e. The number of rotatable bonds is 5. The van der Waals surface area contributed by atoms with Gasteiger partial charge in [0.1, 0.15) is 11.4 Å². The van der Waals surface area contributed by atoms with Gasteiger partial charge in [0.15, 0.2) is 0 Å². The molecular formula is C22H21ClN2O5. The Hall–Kier alpha value is -3.16. The fourth-order valence-corrected chi connectivity index (χ4v) is 3.11. The van der Waals surface area contributed by atoms with Crippen molar-refractivity contribution in [3.05, 3.63) is 70.4 Å². The van der Waals surface area contributed by atoms with E-state index in [4.69, 9.17) is 21.1 Å². The zero-order valence-electron chi connectivity index (χ0n) is 16.4. The topological polar surface area (TPSA) is 84.9 Å². The van der Waals surface area contributed by atoms with Gasteiger partial charge in [0.25, 0.3) is 11.8 Å². The van der Waals surface area contributed by atoms with Crippen LogP contribution in [0, 0.1) is 0 Å². The van der Waals surface area contributed by atoms with E-state index in [0.29, 0.717) is 42.6 Å². The van der Waals surface area contributed by atoms with Crippen LogP contribution in [0.4, 0.5) is 0 Å². The average Bonchev–Trinajstić information content (AvgIpc) is 2.74. The molecule has 1 fully saturated rings. The number of morpholine rings is 1. The van der Waals surface area contributed by atoms with E-state index in [1.54, 1.807) is 59.5 Å². The fourth-order valence-electron chi connectivity index (χ4n) is 2.89. The molecular weight excluding hydrogens is 408 g/mol. The largest absolute Gasteiger partial charge is 0.427 e. The summed E-state index contributed by atoms with van der Waals surface area (Å²) in [5, 5.41) is 2.98. The van der Waals surface area contributed by atoms with Gasteiger partial charge in [0.05, 0.1) is 23.8 Å². The van der Waals surface area contributed by atoms with Crippen molar-refractivity contribution in [2.45, 2.75) is 6.92 Å². The monoisotopic (exact) mass is 428 g/mol. The van der Waals surface area contributed by atoms with Crippen LogP contribution in [0.25, 0.3) is 6.08 Å². The van der Waals surface area contributed by atoms with Gasteiger partial charge in [-0.2, -0.15) is 0 Å². The highest BCUT2D eigenvalue weighted by Crippen LogP contribution is 2.18. The van der Waals surface area contributed by atoms with E-state index in [1.807, 2.05) is 0 Å². The molecule has 0 spiro atoms. The molecule has 0 radical (unpaired) electrons. The van der Waals surface area contributed by atoms with Gasteiger partial charge in [-0.25, -0.2) is 0 Å². The molecule has 0 aromatic heterocycles. The molecule has 3 rings (SSSR count). The highest BCUT2D eigenvalue weighted by atomic mass is 35.5. The Morgan fingerprint density at radius 1 is 1.07 bits per heavy atom. The number of amides is 2. The first-order valence-electron chi connectivity index (χ1n) is 9.37. The van der Waals surface area contributed by atoms with Crippen molar-refractivity contribution in [2.75, 3.05) is 26.3 Å². The number of hydrogen-bond acceptors (Lipinski definition) is 5. The van der Waals surface area contributed by atoms with Crippen LogP contribution < -0.4 is 10.1 Å². The summed E-state index contributed by atoms with van der Waals surface area (Å²) in [5.74, 6) is -0.831. The molecule has 156 valence electrons. The first-order valence-corrected chi connectivity index (χ1v) is 9.75. The van der Waals surface area contributed by atoms with Crippen molar-refractivity contribution >= 4 is 35.5 Å². The van der Waals surface area contributed by atoms with E-state index < -0.39 is 11.9 Å². The first-order chi connectivity index (χ1) is 14.4. The molecule has 1 saturated heterocycles. The van der Waals surface area contributed by atoms with Crippen LogP contribution in [0.3, 0.4) is 0 Å². The molecule has 7 nitrogen and oxygen atoms in total. The molecule has 2 aromatic carbocycles. The van der Waals surface area contributed by atoms with Crippen molar-refractivity contribution in [1.82, 2.24) is 10.2 Å². The van der Waals surface area contributed by atoms with Crippen molar-refractivity contribution in [3.63, 3.8) is 0 Å². The van der Waals surface area contributed by atoms with Gasteiger partial charge in [-0.05, 0) is 35.9 Å². The minimum absolute atomic E-state index is 0.113. The SMILES string of the molecule is CC(=O)Oc1ccc(/C=C(\NC(=O)c2ccccc2Cl)C(=O)N2CCOCC2)cc1. The van der Waals surface area contributed by atoms with Crippen LogP contribution in [0.1, 0.15) is 22.8 Å². The second kappa shape index (κ2) is 10.0. The molecule has 0 bridgehead atoms. The van der Waals surface area contributed by atoms with Crippen LogP contribution in [0.2, 0.25) is 5.02 Å². The average molecular weight is 429 g/mol. The summed E-state index contributed by atoms with van der Waals surface area (Å²) in [6.45, 7) is 3.06. The molecule has 0 aliphatic carbocycles. The lowest BCUT2D eigenvalue weighted by Crippen LogP contribution is -2.44. The third kappa shape index (κ3) is 5.68. The number of nitrogens with zero attached hydrogens (tertiary/aromatic N) is 1. The van der Waals surface area contributed by atoms with Gasteiger partial charge in [0, 0.05) is 20.0 Å². The summed E-state index contributed by atoms with van der Waals surface area (Å²) >= 11 is 6.12. The molecule has 1 aliphatic heterocycles. The number of nitrogens with one attached hydrogen (secondary N) is 1. The Kier molecular flexibility index (Phi) is 7.21. The van der Waals surface area contributed by atoms with Crippen LogP contribution in [0.5, 0.6) is 5.75 Å². The molecule has 0 atom stereocenters. The standard InChI is InChI=1S/C22H21ClN2O5/c1-15(26)30-17-8-6-16(7-9-17)14-20(22(28)25-10-12-29-13-11-25)24-21(27)18-4-2-3-5-19(18)23/h2-9,14H,10-13H2,1H3,(H,24,27)/b20-14-. The Labute approximate surface area is 179 Å². The maximum Gasteiger partial charge on any atom is 0.308 e. The van der Waals surface area contributed by atoms with Crippen molar-refractivity contribution in [2.24, 2.45) is 0 Å². The van der Waals surface area contributed by atoms with Crippen LogP contribution >= 0.6 is 11.6 Å². The lowest BCUT2D eigenvalue weighted by Gasteiger charge is -2.28. The molecule has 1 aliphatic rings. The van der Waals surface area contributed by atoms with Gasteiger partial charge >= 0.3 is 5.97 Å². The molecule has 2 aromatic rings. The van der Waals surface area contributed by atoms with Crippen LogP contribution in [0.15, 0.2) is 54.2 Å². The first kappa shape index (κ1) is 21.5. The van der Waals surface area contributed by atoms with Crippen molar-refractivity contribution in [3.8, 4) is 5.75 Å². The molecule has 0 saturated carbocycles. The number of esters is 1. The Balaban J connectivity index is 1.87. The number of ether oxygens (including phenoxy) is 2. The zero-order valence-corrected chi connectivity index (χ0v) is 17.1. The van der Waals surface area contributed by atoms with Gasteiger partial charge in [-0.1, -0.05) is 35.9 Å². The molecule has 1 N–H and O–H groups in total. The van der Waals surface area contributed by atoms with Gasteiger partial charge in [0.2, 0.25) is 0 Å². The van der Waals surface area contributed by atoms with E-state index in [-0.39, 0.29) is 17.2 Å². The third-order valence-electron chi connectivity index (χ3n) is 4.35. The summed E-state index contributed by atoms with van der Waals surface area (Å²) < 4.78 is 10.3. The minimum atomic E-state index is -0.481. The Morgan fingerprint density at radius 2 is 1.73 bits per heavy atom. The van der Waals surface area contributed by atoms with Crippen molar-refractivity contribution < 1.29 is 23.9 Å². The van der Waals surface area contributed by atoms with Gasteiger partial charge in [-0.15, -0.1) is 0 Å². The van der Waals surface area contributed by atoms with Crippen molar-refractivity contribution in [1.29, 1.82) is 0 Å². The Bertz CT molecular complexity index is 966. The number of hydrogen-bond donors (Lipinski definition) is 1. The lowest BCUT2D eigenvalue weighted by atomic mass is 10.1. The summed E-state index contributed by atoms with van der Waals surface area (Å²) in [7, 11) is 0. The number of benzene rings is 2. The van der Waals surface area contributed by atoms with E-state index in [9.17, 15) is 14.4 Å². The smallest absolute Gasteiger partial charge is 0.308 e. The van der Waals surface area contributed by atoms with E-state index in [0.717, 1.165) is 0 Å². The molecule has 30 heavy (non-hydrogen) atoms. The van der Waals surface area contributed by atoms with E-state index in [1.165, 1.54) is 6.92 Å². The van der Waals surface area contributed by atoms with Crippen LogP contribution in [-0.4, -0.2) is 49.0 Å². The summed E-state index contributed by atoms with van der Waals surface area (Å²) in [5.41, 5.74) is 1.04. The van der Waals surface area contributed by atoms with E-state index in [2.05, 4.69) is 5.32 Å². The maximum atomic E-state index is 13.1. The predicted octanol–water partition coefficient (Wildman–Crippen LogP) is 2.90. The Morgan fingerprint density at radius 3 is 2.37 bits per heavy atom. The van der Waals surface area contributed by atoms with Crippen LogP contribution in [-0.2, 0) is 14.3 Å². The highest BCUT2D eigenvalue weighted by Gasteiger charge is 2.23. The number of carbonyl (C=O) groups excluding carboxylic acids is 3. The summed E-state index contributed by atoms with van der Waals surface area (Å²) in [6.07, 6.45) is 1.57. The molecule has 0 unspecified atom stereocenters. The maximum absolute atomic E-state index is 13.1. The quantitative estimate of drug-likeness (QED) is 0.449. The second-order valence-corrected chi connectivity index (χ2v) is 6.97. The lowest BCUT2D eigenvalue weighted by molar-refractivity contribution is -0.132. The number of halogens is 1. The third-order valence-corrected chi connectivity index (χ3v) is 4.68. The predicted molar refractivity (Wildman–Crippen MR) is 112 cm³/mol. The fraction of sp³-hybridized carbons (Fsp3) is 0.227. The highest BCUT2D eigenvalue weighted by molar-refractivity contribution is 6.34.